The maximum Gasteiger partial charge on any atom is 0.419 e. The molecule has 1 saturated carbocycles. The second-order valence-electron chi connectivity index (χ2n) is 8.17. The fraction of sp³-hybridized carbons (Fsp3) is 0.550. The lowest BCUT2D eigenvalue weighted by atomic mass is 10.1. The lowest BCUT2D eigenvalue weighted by Crippen LogP contribution is -2.25. The van der Waals surface area contributed by atoms with Crippen molar-refractivity contribution in [3.05, 3.63) is 29.6 Å². The molecule has 2 N–H and O–H groups in total. The molecule has 0 bridgehead atoms. The number of pyridine rings is 1. The molecular weight excluding hydrogens is 381 g/mol. The van der Waals surface area contributed by atoms with Gasteiger partial charge in [0.2, 0.25) is 0 Å². The Morgan fingerprint density at radius 2 is 1.97 bits per heavy atom. The molecule has 9 heteroatoms. The molecule has 0 amide bonds. The van der Waals surface area contributed by atoms with Crippen LogP contribution < -0.4 is 5.73 Å². The molecule has 154 valence electrons. The van der Waals surface area contributed by atoms with E-state index in [-0.39, 0.29) is 6.04 Å². The Morgan fingerprint density at radius 3 is 2.55 bits per heavy atom. The van der Waals surface area contributed by atoms with E-state index in [4.69, 9.17) is 11.0 Å². The predicted molar refractivity (Wildman–Crippen MR) is 102 cm³/mol. The third-order valence-electron chi connectivity index (χ3n) is 5.92. The van der Waals surface area contributed by atoms with Crippen LogP contribution >= 0.6 is 0 Å². The minimum Gasteiger partial charge on any atom is -0.383 e. The van der Waals surface area contributed by atoms with Crippen molar-refractivity contribution in [2.24, 2.45) is 11.8 Å². The number of rotatable bonds is 5. The number of alkyl halides is 3. The normalized spacial score (nSPS) is 24.0. The van der Waals surface area contributed by atoms with Gasteiger partial charge in [-0.2, -0.15) is 23.5 Å². The maximum absolute atomic E-state index is 13.2. The fourth-order valence-electron chi connectivity index (χ4n) is 4.50. The summed E-state index contributed by atoms with van der Waals surface area (Å²) in [6, 6.07) is 5.20. The number of nitriles is 1. The number of halogens is 3. The second-order valence-corrected chi connectivity index (χ2v) is 8.17. The highest BCUT2D eigenvalue weighted by Gasteiger charge is 2.57. The van der Waals surface area contributed by atoms with E-state index in [0.717, 1.165) is 31.4 Å². The first-order chi connectivity index (χ1) is 13.7. The Hall–Kier alpha value is -2.60. The number of piperidine rings is 1. The van der Waals surface area contributed by atoms with Crippen molar-refractivity contribution in [1.82, 2.24) is 19.7 Å². The van der Waals surface area contributed by atoms with Crippen LogP contribution in [0.1, 0.15) is 43.5 Å². The van der Waals surface area contributed by atoms with Crippen LogP contribution in [0.2, 0.25) is 0 Å². The molecule has 0 aromatic carbocycles. The van der Waals surface area contributed by atoms with Gasteiger partial charge in [0.25, 0.3) is 0 Å². The lowest BCUT2D eigenvalue weighted by Gasteiger charge is -2.19. The van der Waals surface area contributed by atoms with Gasteiger partial charge in [-0.1, -0.05) is 0 Å². The zero-order valence-electron chi connectivity index (χ0n) is 16.3. The first kappa shape index (κ1) is 19.7. The summed E-state index contributed by atoms with van der Waals surface area (Å²) in [5.41, 5.74) is 6.35. The molecule has 2 aromatic heterocycles. The van der Waals surface area contributed by atoms with Crippen LogP contribution in [-0.4, -0.2) is 39.3 Å². The van der Waals surface area contributed by atoms with E-state index in [0.29, 0.717) is 35.4 Å². The number of aromatic nitrogens is 3. The number of fused-ring (bicyclic) bond motifs is 1. The predicted octanol–water partition coefficient (Wildman–Crippen LogP) is 3.69. The van der Waals surface area contributed by atoms with E-state index in [1.807, 2.05) is 24.6 Å². The molecule has 1 aliphatic carbocycles. The van der Waals surface area contributed by atoms with E-state index < -0.39 is 17.6 Å². The highest BCUT2D eigenvalue weighted by molar-refractivity contribution is 5.63. The van der Waals surface area contributed by atoms with Gasteiger partial charge < -0.3 is 10.6 Å². The van der Waals surface area contributed by atoms with Gasteiger partial charge in [-0.25, -0.2) is 4.98 Å². The average molecular weight is 404 g/mol. The number of hydrogen-bond acceptors (Lipinski definition) is 5. The first-order valence-corrected chi connectivity index (χ1v) is 9.72. The van der Waals surface area contributed by atoms with Gasteiger partial charge in [0.05, 0.1) is 17.3 Å². The molecule has 3 heterocycles. The number of nitrogen functional groups attached to an aromatic ring is 1. The molecule has 4 rings (SSSR count). The van der Waals surface area contributed by atoms with E-state index in [1.165, 1.54) is 6.20 Å². The van der Waals surface area contributed by atoms with Crippen LogP contribution in [0.15, 0.2) is 18.3 Å². The molecule has 3 atom stereocenters. The molecule has 0 unspecified atom stereocenters. The number of anilines is 1. The Labute approximate surface area is 167 Å². The topological polar surface area (TPSA) is 83.8 Å². The van der Waals surface area contributed by atoms with Crippen LogP contribution in [-0.2, 0) is 6.18 Å². The summed E-state index contributed by atoms with van der Waals surface area (Å²) in [5, 5.41) is 13.4. The van der Waals surface area contributed by atoms with Crippen molar-refractivity contribution >= 4 is 5.82 Å². The van der Waals surface area contributed by atoms with Crippen molar-refractivity contribution in [2.75, 3.05) is 25.4 Å². The molecule has 2 fully saturated rings. The molecule has 29 heavy (non-hydrogen) atoms. The number of hydrogen-bond donors (Lipinski definition) is 1. The zero-order valence-corrected chi connectivity index (χ0v) is 16.3. The molecule has 0 radical (unpaired) electrons. The SMILES string of the molecule is CC(C)n1nc(-c2cnc(N)c(C(F)(F)F)c2)cc1[C@@H]1[C@@H]2CN(CCC#N)C[C@@H]21. The van der Waals surface area contributed by atoms with Gasteiger partial charge >= 0.3 is 6.18 Å². The molecule has 1 aliphatic heterocycles. The Bertz CT molecular complexity index is 946. The van der Waals surface area contributed by atoms with Crippen LogP contribution in [0.5, 0.6) is 0 Å². The molecule has 0 spiro atoms. The van der Waals surface area contributed by atoms with E-state index in [1.54, 1.807) is 0 Å². The zero-order chi connectivity index (χ0) is 20.9. The number of nitrogens with two attached hydrogens (primary N) is 1. The maximum atomic E-state index is 13.2. The molecule has 2 aromatic rings. The van der Waals surface area contributed by atoms with Crippen molar-refractivity contribution in [3.8, 4) is 17.3 Å². The highest BCUT2D eigenvalue weighted by atomic mass is 19.4. The van der Waals surface area contributed by atoms with E-state index >= 15 is 0 Å². The number of nitrogens with zero attached hydrogens (tertiary/aromatic N) is 5. The molecule has 6 nitrogen and oxygen atoms in total. The van der Waals surface area contributed by atoms with Gasteiger partial charge in [-0.3, -0.25) is 4.68 Å². The molecular formula is C20H23F3N6. The van der Waals surface area contributed by atoms with Gasteiger partial charge in [0.1, 0.15) is 5.82 Å². The largest absolute Gasteiger partial charge is 0.419 e. The highest BCUT2D eigenvalue weighted by Crippen LogP contribution is 2.58. The molecule has 1 saturated heterocycles. The first-order valence-electron chi connectivity index (χ1n) is 9.72. The summed E-state index contributed by atoms with van der Waals surface area (Å²) in [5.74, 6) is 0.872. The van der Waals surface area contributed by atoms with Crippen molar-refractivity contribution in [3.63, 3.8) is 0 Å². The van der Waals surface area contributed by atoms with Crippen LogP contribution in [0.3, 0.4) is 0 Å². The fourth-order valence-corrected chi connectivity index (χ4v) is 4.50. The number of likely N-dealkylation sites (tertiary alicyclic amines) is 1. The quantitative estimate of drug-likeness (QED) is 0.822. The summed E-state index contributed by atoms with van der Waals surface area (Å²) in [4.78, 5) is 6.05. The Morgan fingerprint density at radius 1 is 1.28 bits per heavy atom. The average Bonchev–Trinajstić information content (AvgIpc) is 3.00. The Balaban J connectivity index is 1.61. The summed E-state index contributed by atoms with van der Waals surface area (Å²) < 4.78 is 41.5. The van der Waals surface area contributed by atoms with E-state index in [2.05, 4.69) is 21.1 Å². The third-order valence-corrected chi connectivity index (χ3v) is 5.92. The van der Waals surface area contributed by atoms with Gasteiger partial charge in [-0.05, 0) is 37.8 Å². The standard InChI is InChI=1S/C20H23F3N6/c1-11(2)29-17(18-13-9-28(5-3-4-24)10-14(13)18)7-16(27-29)12-6-15(20(21,22)23)19(25)26-8-12/h6-8,11,13-14,18H,3,5,9-10H2,1-2H3,(H2,25,26)/t13-,14+,18-. The summed E-state index contributed by atoms with van der Waals surface area (Å²) in [6.07, 6.45) is -2.68. The van der Waals surface area contributed by atoms with E-state index in [9.17, 15) is 13.2 Å². The third kappa shape index (κ3) is 3.57. The smallest absolute Gasteiger partial charge is 0.383 e. The summed E-state index contributed by atoms with van der Waals surface area (Å²) in [7, 11) is 0. The van der Waals surface area contributed by atoms with Gasteiger partial charge in [0.15, 0.2) is 0 Å². The minimum atomic E-state index is -4.56. The van der Waals surface area contributed by atoms with Crippen molar-refractivity contribution in [1.29, 1.82) is 5.26 Å². The van der Waals surface area contributed by atoms with Crippen molar-refractivity contribution in [2.45, 2.75) is 38.4 Å². The van der Waals surface area contributed by atoms with Crippen LogP contribution in [0.25, 0.3) is 11.3 Å². The summed E-state index contributed by atoms with van der Waals surface area (Å²) >= 11 is 0. The Kier molecular flexibility index (Phi) is 4.77. The van der Waals surface area contributed by atoms with Gasteiger partial charge in [-0.15, -0.1) is 0 Å². The van der Waals surface area contributed by atoms with Gasteiger partial charge in [0, 0.05) is 55.5 Å². The van der Waals surface area contributed by atoms with Crippen LogP contribution in [0.4, 0.5) is 19.0 Å². The monoisotopic (exact) mass is 404 g/mol. The summed E-state index contributed by atoms with van der Waals surface area (Å²) in [6.45, 7) is 6.73. The van der Waals surface area contributed by atoms with Crippen molar-refractivity contribution < 1.29 is 13.2 Å². The lowest BCUT2D eigenvalue weighted by molar-refractivity contribution is -0.137. The second kappa shape index (κ2) is 7.02. The minimum absolute atomic E-state index is 0.0959. The molecule has 2 aliphatic rings. The van der Waals surface area contributed by atoms with Crippen LogP contribution in [0, 0.1) is 23.2 Å².